The van der Waals surface area contributed by atoms with Gasteiger partial charge in [-0.1, -0.05) is 42.4 Å². The molecule has 1 aliphatic heterocycles. The molecule has 5 heteroatoms. The lowest BCUT2D eigenvalue weighted by Gasteiger charge is -2.30. The highest BCUT2D eigenvalue weighted by Gasteiger charge is 2.23. The van der Waals surface area contributed by atoms with Gasteiger partial charge in [0.1, 0.15) is 0 Å². The van der Waals surface area contributed by atoms with Crippen molar-refractivity contribution in [2.45, 2.75) is 19.3 Å². The highest BCUT2D eigenvalue weighted by Crippen LogP contribution is 2.27. The van der Waals surface area contributed by atoms with Crippen molar-refractivity contribution in [2.24, 2.45) is 0 Å². The summed E-state index contributed by atoms with van der Waals surface area (Å²) in [5, 5.41) is 4.22. The van der Waals surface area contributed by atoms with E-state index >= 15 is 0 Å². The fraction of sp³-hybridized carbons (Fsp3) is 0.500. The zero-order valence-corrected chi connectivity index (χ0v) is 12.7. The van der Waals surface area contributed by atoms with Gasteiger partial charge in [-0.05, 0) is 19.0 Å². The van der Waals surface area contributed by atoms with Crippen molar-refractivity contribution < 1.29 is 4.52 Å². The van der Waals surface area contributed by atoms with Crippen LogP contribution in [0.1, 0.15) is 30.7 Å². The second kappa shape index (κ2) is 6.26. The fourth-order valence-electron chi connectivity index (χ4n) is 2.75. The third-order valence-corrected chi connectivity index (χ3v) is 4.13. The number of aromatic nitrogens is 2. The summed E-state index contributed by atoms with van der Waals surface area (Å²) in [4.78, 5) is 9.12. The molecule has 5 nitrogen and oxygen atoms in total. The monoisotopic (exact) mass is 286 g/mol. The first-order valence-corrected chi connectivity index (χ1v) is 7.60. The van der Waals surface area contributed by atoms with Crippen LogP contribution in [0.2, 0.25) is 0 Å². The Labute approximate surface area is 125 Å². The normalized spacial score (nSPS) is 17.9. The zero-order chi connectivity index (χ0) is 14.7. The van der Waals surface area contributed by atoms with Crippen molar-refractivity contribution in [3.8, 4) is 0 Å². The summed E-state index contributed by atoms with van der Waals surface area (Å²) in [7, 11) is 2.14. The van der Waals surface area contributed by atoms with Crippen LogP contribution in [0, 0.1) is 0 Å². The van der Waals surface area contributed by atoms with E-state index in [1.54, 1.807) is 0 Å². The summed E-state index contributed by atoms with van der Waals surface area (Å²) in [5.41, 5.74) is 1.24. The lowest BCUT2D eigenvalue weighted by atomic mass is 9.96. The van der Waals surface area contributed by atoms with Gasteiger partial charge in [0.05, 0.1) is 0 Å². The third-order valence-electron chi connectivity index (χ3n) is 4.13. The Morgan fingerprint density at radius 2 is 1.86 bits per heavy atom. The predicted molar refractivity (Wildman–Crippen MR) is 82.6 cm³/mol. The maximum absolute atomic E-state index is 5.49. The number of nitrogens with zero attached hydrogens (tertiary/aromatic N) is 4. The Kier molecular flexibility index (Phi) is 4.20. The summed E-state index contributed by atoms with van der Waals surface area (Å²) in [6.45, 7) is 6.12. The molecule has 21 heavy (non-hydrogen) atoms. The van der Waals surface area contributed by atoms with Crippen LogP contribution >= 0.6 is 0 Å². The molecule has 0 saturated carbocycles. The summed E-state index contributed by atoms with van der Waals surface area (Å²) in [5.74, 6) is 0.994. The standard InChI is InChI=1S/C16H22N4O/c1-3-14(13-7-5-4-6-8-13)15-17-16(21-18-15)20-11-9-19(2)10-12-20/h4-8,14H,3,9-12H2,1-2H3/t14-/m1/s1. The zero-order valence-electron chi connectivity index (χ0n) is 12.7. The van der Waals surface area contributed by atoms with E-state index in [0.717, 1.165) is 38.4 Å². The highest BCUT2D eigenvalue weighted by atomic mass is 16.5. The van der Waals surface area contributed by atoms with E-state index in [4.69, 9.17) is 4.52 Å². The van der Waals surface area contributed by atoms with E-state index in [-0.39, 0.29) is 5.92 Å². The van der Waals surface area contributed by atoms with Crippen molar-refractivity contribution >= 4 is 6.01 Å². The van der Waals surface area contributed by atoms with Gasteiger partial charge in [0, 0.05) is 32.1 Å². The fourth-order valence-corrected chi connectivity index (χ4v) is 2.75. The Hall–Kier alpha value is -1.88. The van der Waals surface area contributed by atoms with Gasteiger partial charge >= 0.3 is 6.01 Å². The molecule has 1 atom stereocenters. The first kappa shape index (κ1) is 14.1. The van der Waals surface area contributed by atoms with Gasteiger partial charge in [-0.15, -0.1) is 0 Å². The number of hydrogen-bond acceptors (Lipinski definition) is 5. The van der Waals surface area contributed by atoms with E-state index in [9.17, 15) is 0 Å². The van der Waals surface area contributed by atoms with Crippen molar-refractivity contribution in [1.82, 2.24) is 15.0 Å². The lowest BCUT2D eigenvalue weighted by Crippen LogP contribution is -2.44. The number of anilines is 1. The Morgan fingerprint density at radius 3 is 2.52 bits per heavy atom. The first-order valence-electron chi connectivity index (χ1n) is 7.60. The minimum Gasteiger partial charge on any atom is -0.322 e. The molecule has 0 bridgehead atoms. The number of benzene rings is 1. The molecule has 3 rings (SSSR count). The molecule has 1 aromatic heterocycles. The van der Waals surface area contributed by atoms with Gasteiger partial charge in [0.2, 0.25) is 0 Å². The predicted octanol–water partition coefficient (Wildman–Crippen LogP) is 2.36. The number of rotatable bonds is 4. The van der Waals surface area contributed by atoms with Gasteiger partial charge in [0.15, 0.2) is 5.82 Å². The Balaban J connectivity index is 1.77. The van der Waals surface area contributed by atoms with Crippen molar-refractivity contribution in [1.29, 1.82) is 0 Å². The molecule has 0 unspecified atom stereocenters. The highest BCUT2D eigenvalue weighted by molar-refractivity contribution is 5.30. The minimum absolute atomic E-state index is 0.205. The Morgan fingerprint density at radius 1 is 1.14 bits per heavy atom. The molecule has 2 heterocycles. The SMILES string of the molecule is CC[C@H](c1ccccc1)c1noc(N2CCN(C)CC2)n1. The molecule has 0 aliphatic carbocycles. The summed E-state index contributed by atoms with van der Waals surface area (Å²) < 4.78 is 5.49. The van der Waals surface area contributed by atoms with Crippen molar-refractivity contribution in [3.63, 3.8) is 0 Å². The van der Waals surface area contributed by atoms with Crippen LogP contribution < -0.4 is 4.90 Å². The number of likely N-dealkylation sites (N-methyl/N-ethyl adjacent to an activating group) is 1. The molecular formula is C16H22N4O. The topological polar surface area (TPSA) is 45.4 Å². The van der Waals surface area contributed by atoms with Gasteiger partial charge in [0.25, 0.3) is 0 Å². The summed E-state index contributed by atoms with van der Waals surface area (Å²) >= 11 is 0. The van der Waals surface area contributed by atoms with Crippen LogP contribution in [0.15, 0.2) is 34.9 Å². The minimum atomic E-state index is 0.205. The maximum atomic E-state index is 5.49. The van der Waals surface area contributed by atoms with Crippen LogP contribution in [-0.4, -0.2) is 48.3 Å². The molecule has 0 spiro atoms. The number of hydrogen-bond donors (Lipinski definition) is 0. The molecule has 1 aromatic carbocycles. The molecule has 0 radical (unpaired) electrons. The maximum Gasteiger partial charge on any atom is 0.324 e. The quantitative estimate of drug-likeness (QED) is 0.863. The average molecular weight is 286 g/mol. The van der Waals surface area contributed by atoms with E-state index in [1.807, 2.05) is 6.07 Å². The van der Waals surface area contributed by atoms with Crippen molar-refractivity contribution in [3.05, 3.63) is 41.7 Å². The second-order valence-electron chi connectivity index (χ2n) is 5.60. The molecule has 1 aliphatic rings. The van der Waals surface area contributed by atoms with Crippen LogP contribution in [-0.2, 0) is 0 Å². The third kappa shape index (κ3) is 3.08. The van der Waals surface area contributed by atoms with Gasteiger partial charge in [-0.3, -0.25) is 0 Å². The lowest BCUT2D eigenvalue weighted by molar-refractivity contribution is 0.298. The largest absolute Gasteiger partial charge is 0.324 e. The first-order chi connectivity index (χ1) is 10.3. The van der Waals surface area contributed by atoms with E-state index < -0.39 is 0 Å². The molecule has 2 aromatic rings. The van der Waals surface area contributed by atoms with Crippen LogP contribution in [0.3, 0.4) is 0 Å². The molecule has 112 valence electrons. The number of piperazine rings is 1. The molecule has 1 fully saturated rings. The average Bonchev–Trinajstić information content (AvgIpc) is 2.99. The molecular weight excluding hydrogens is 264 g/mol. The van der Waals surface area contributed by atoms with E-state index in [1.165, 1.54) is 5.56 Å². The van der Waals surface area contributed by atoms with Crippen molar-refractivity contribution in [2.75, 3.05) is 38.1 Å². The molecule has 1 saturated heterocycles. The second-order valence-corrected chi connectivity index (χ2v) is 5.60. The van der Waals surface area contributed by atoms with Gasteiger partial charge in [-0.25, -0.2) is 0 Å². The summed E-state index contributed by atoms with van der Waals surface area (Å²) in [6.07, 6.45) is 0.964. The van der Waals surface area contributed by atoms with Crippen LogP contribution in [0.25, 0.3) is 0 Å². The Bertz CT molecular complexity index is 561. The van der Waals surface area contributed by atoms with Crippen LogP contribution in [0.5, 0.6) is 0 Å². The van der Waals surface area contributed by atoms with Gasteiger partial charge < -0.3 is 14.3 Å². The van der Waals surface area contributed by atoms with Crippen LogP contribution in [0.4, 0.5) is 6.01 Å². The molecule has 0 N–H and O–H groups in total. The smallest absolute Gasteiger partial charge is 0.322 e. The van der Waals surface area contributed by atoms with Gasteiger partial charge in [-0.2, -0.15) is 4.98 Å². The van der Waals surface area contributed by atoms with E-state index in [2.05, 4.69) is 58.2 Å². The van der Waals surface area contributed by atoms with E-state index in [0.29, 0.717) is 6.01 Å². The summed E-state index contributed by atoms with van der Waals surface area (Å²) in [6, 6.07) is 11.0. The molecule has 0 amide bonds.